The number of carbonyl (C=O) groups is 1. The number of thioether (sulfide) groups is 1. The van der Waals surface area contributed by atoms with Gasteiger partial charge in [-0.2, -0.15) is 0 Å². The largest absolute Gasteiger partial charge is 0.486 e. The molecule has 0 bridgehead atoms. The molecule has 0 saturated heterocycles. The Bertz CT molecular complexity index is 1240. The highest BCUT2D eigenvalue weighted by molar-refractivity contribution is 7.99. The maximum Gasteiger partial charge on any atom is 0.234 e. The van der Waals surface area contributed by atoms with Crippen molar-refractivity contribution < 1.29 is 9.53 Å². The van der Waals surface area contributed by atoms with Crippen molar-refractivity contribution in [3.8, 4) is 11.4 Å². The number of aromatic nitrogens is 3. The Morgan fingerprint density at radius 3 is 2.40 bits per heavy atom. The highest BCUT2D eigenvalue weighted by Gasteiger charge is 2.17. The van der Waals surface area contributed by atoms with E-state index < -0.39 is 0 Å². The van der Waals surface area contributed by atoms with Crippen LogP contribution in [0, 0.1) is 6.92 Å². The van der Waals surface area contributed by atoms with Crippen molar-refractivity contribution >= 4 is 23.4 Å². The van der Waals surface area contributed by atoms with Crippen molar-refractivity contribution in [1.82, 2.24) is 14.8 Å². The smallest absolute Gasteiger partial charge is 0.234 e. The van der Waals surface area contributed by atoms with Crippen LogP contribution in [0.25, 0.3) is 5.69 Å². The molecule has 0 aliphatic rings. The molecule has 0 fully saturated rings. The zero-order valence-electron chi connectivity index (χ0n) is 20.3. The molecule has 7 heteroatoms. The maximum atomic E-state index is 12.7. The molecule has 4 aromatic rings. The Labute approximate surface area is 210 Å². The summed E-state index contributed by atoms with van der Waals surface area (Å²) in [6.07, 6.45) is 1.09. The number of nitrogens with zero attached hydrogens (tertiary/aromatic N) is 3. The molecule has 35 heavy (non-hydrogen) atoms. The minimum absolute atomic E-state index is 0.0909. The topological polar surface area (TPSA) is 69.0 Å². The predicted molar refractivity (Wildman–Crippen MR) is 141 cm³/mol. The zero-order valence-corrected chi connectivity index (χ0v) is 21.1. The van der Waals surface area contributed by atoms with Gasteiger partial charge in [0.2, 0.25) is 5.91 Å². The molecule has 1 heterocycles. The summed E-state index contributed by atoms with van der Waals surface area (Å²) >= 11 is 1.35. The van der Waals surface area contributed by atoms with E-state index in [0.29, 0.717) is 16.9 Å². The number of hydrogen-bond donors (Lipinski definition) is 1. The van der Waals surface area contributed by atoms with Crippen molar-refractivity contribution in [3.63, 3.8) is 0 Å². The SMILES string of the molecule is CC[C@@H](C)c1ccc(NC(=O)CSc2nnc(COc3ccccc3)n2-c2ccc(C)cc2)cc1. The van der Waals surface area contributed by atoms with Crippen molar-refractivity contribution in [2.75, 3.05) is 11.1 Å². The van der Waals surface area contributed by atoms with Gasteiger partial charge in [0.15, 0.2) is 11.0 Å². The van der Waals surface area contributed by atoms with Gasteiger partial charge in [0.05, 0.1) is 5.75 Å². The number of aryl methyl sites for hydroxylation is 1. The monoisotopic (exact) mass is 486 g/mol. The lowest BCUT2D eigenvalue weighted by Gasteiger charge is -2.12. The Kier molecular flexibility index (Phi) is 8.21. The van der Waals surface area contributed by atoms with Crippen molar-refractivity contribution in [3.05, 3.63) is 95.8 Å². The number of nitrogens with one attached hydrogen (secondary N) is 1. The Hall–Kier alpha value is -3.58. The number of anilines is 1. The van der Waals surface area contributed by atoms with Crippen LogP contribution in [0.5, 0.6) is 5.75 Å². The van der Waals surface area contributed by atoms with E-state index in [-0.39, 0.29) is 18.3 Å². The fourth-order valence-corrected chi connectivity index (χ4v) is 4.33. The van der Waals surface area contributed by atoms with Crippen LogP contribution in [0.1, 0.15) is 43.1 Å². The minimum Gasteiger partial charge on any atom is -0.486 e. The van der Waals surface area contributed by atoms with E-state index >= 15 is 0 Å². The third-order valence-electron chi connectivity index (χ3n) is 5.81. The fourth-order valence-electron chi connectivity index (χ4n) is 3.56. The summed E-state index contributed by atoms with van der Waals surface area (Å²) in [6.45, 7) is 6.69. The van der Waals surface area contributed by atoms with Gasteiger partial charge < -0.3 is 10.1 Å². The molecule has 4 rings (SSSR count). The number of hydrogen-bond acceptors (Lipinski definition) is 5. The highest BCUT2D eigenvalue weighted by atomic mass is 32.2. The van der Waals surface area contributed by atoms with Gasteiger partial charge in [0, 0.05) is 11.4 Å². The van der Waals surface area contributed by atoms with Gasteiger partial charge in [-0.25, -0.2) is 0 Å². The lowest BCUT2D eigenvalue weighted by atomic mass is 9.99. The lowest BCUT2D eigenvalue weighted by Crippen LogP contribution is -2.15. The molecule has 3 aromatic carbocycles. The summed E-state index contributed by atoms with van der Waals surface area (Å²) in [5.41, 5.74) is 4.16. The highest BCUT2D eigenvalue weighted by Crippen LogP contribution is 2.24. The number of para-hydroxylation sites is 1. The minimum atomic E-state index is -0.0909. The number of ether oxygens (including phenoxy) is 1. The summed E-state index contributed by atoms with van der Waals surface area (Å²) in [5, 5.41) is 12.3. The summed E-state index contributed by atoms with van der Waals surface area (Å²) < 4.78 is 7.86. The fraction of sp³-hybridized carbons (Fsp3) is 0.250. The summed E-state index contributed by atoms with van der Waals surface area (Å²) in [7, 11) is 0. The molecular weight excluding hydrogens is 456 g/mol. The number of benzene rings is 3. The molecule has 0 radical (unpaired) electrons. The molecule has 1 N–H and O–H groups in total. The van der Waals surface area contributed by atoms with Gasteiger partial charge in [0.1, 0.15) is 12.4 Å². The van der Waals surface area contributed by atoms with E-state index in [2.05, 4.69) is 41.5 Å². The standard InChI is InChI=1S/C28H30N4O2S/c1-4-21(3)22-12-14-23(15-13-22)29-27(33)19-35-28-31-30-26(18-34-25-8-6-5-7-9-25)32(28)24-16-10-20(2)11-17-24/h5-17,21H,4,18-19H2,1-3H3,(H,29,33)/t21-/m1/s1. The summed E-state index contributed by atoms with van der Waals surface area (Å²) in [6, 6.07) is 25.8. The van der Waals surface area contributed by atoms with Crippen LogP contribution in [-0.2, 0) is 11.4 Å². The van der Waals surface area contributed by atoms with Gasteiger partial charge in [-0.05, 0) is 61.2 Å². The van der Waals surface area contributed by atoms with Crippen LogP contribution in [-0.4, -0.2) is 26.4 Å². The van der Waals surface area contributed by atoms with Gasteiger partial charge in [-0.15, -0.1) is 10.2 Å². The van der Waals surface area contributed by atoms with E-state index in [4.69, 9.17) is 4.74 Å². The van der Waals surface area contributed by atoms with Crippen molar-refractivity contribution in [2.45, 2.75) is 44.9 Å². The van der Waals surface area contributed by atoms with Gasteiger partial charge in [-0.1, -0.05) is 73.6 Å². The maximum absolute atomic E-state index is 12.7. The average Bonchev–Trinajstić information content (AvgIpc) is 3.30. The molecule has 0 unspecified atom stereocenters. The molecule has 1 aromatic heterocycles. The molecule has 1 atom stereocenters. The molecule has 180 valence electrons. The van der Waals surface area contributed by atoms with Gasteiger partial charge >= 0.3 is 0 Å². The second kappa shape index (κ2) is 11.7. The quantitative estimate of drug-likeness (QED) is 0.263. The lowest BCUT2D eigenvalue weighted by molar-refractivity contribution is -0.113. The first kappa shape index (κ1) is 24.5. The molecule has 0 aliphatic carbocycles. The summed E-state index contributed by atoms with van der Waals surface area (Å²) in [5.74, 6) is 2.06. The van der Waals surface area contributed by atoms with Gasteiger partial charge in [-0.3, -0.25) is 9.36 Å². The van der Waals surface area contributed by atoms with Crippen LogP contribution in [0.4, 0.5) is 5.69 Å². The molecule has 0 spiro atoms. The zero-order chi connectivity index (χ0) is 24.6. The first-order chi connectivity index (χ1) is 17.0. The van der Waals surface area contributed by atoms with E-state index in [1.165, 1.54) is 17.3 Å². The molecule has 6 nitrogen and oxygen atoms in total. The first-order valence-corrected chi connectivity index (χ1v) is 12.7. The molecule has 0 saturated carbocycles. The van der Waals surface area contributed by atoms with Crippen LogP contribution < -0.4 is 10.1 Å². The third kappa shape index (κ3) is 6.51. The van der Waals surface area contributed by atoms with Gasteiger partial charge in [0.25, 0.3) is 0 Å². The van der Waals surface area contributed by atoms with E-state index in [9.17, 15) is 4.79 Å². The van der Waals surface area contributed by atoms with E-state index in [1.807, 2.05) is 78.2 Å². The molecule has 0 aliphatic heterocycles. The number of carbonyl (C=O) groups excluding carboxylic acids is 1. The van der Waals surface area contributed by atoms with E-state index in [1.54, 1.807) is 0 Å². The van der Waals surface area contributed by atoms with Crippen LogP contribution in [0.15, 0.2) is 84.0 Å². The van der Waals surface area contributed by atoms with Crippen LogP contribution in [0.3, 0.4) is 0 Å². The average molecular weight is 487 g/mol. The normalized spacial score (nSPS) is 11.7. The first-order valence-electron chi connectivity index (χ1n) is 11.7. The van der Waals surface area contributed by atoms with Crippen molar-refractivity contribution in [1.29, 1.82) is 0 Å². The van der Waals surface area contributed by atoms with Crippen LogP contribution in [0.2, 0.25) is 0 Å². The second-order valence-electron chi connectivity index (χ2n) is 8.44. The predicted octanol–water partition coefficient (Wildman–Crippen LogP) is 6.40. The number of rotatable bonds is 10. The third-order valence-corrected chi connectivity index (χ3v) is 6.74. The Morgan fingerprint density at radius 2 is 1.71 bits per heavy atom. The second-order valence-corrected chi connectivity index (χ2v) is 9.38. The Balaban J connectivity index is 1.45. The van der Waals surface area contributed by atoms with E-state index in [0.717, 1.165) is 29.1 Å². The Morgan fingerprint density at radius 1 is 1.00 bits per heavy atom. The number of amides is 1. The molecule has 1 amide bonds. The van der Waals surface area contributed by atoms with Crippen molar-refractivity contribution in [2.24, 2.45) is 0 Å². The van der Waals surface area contributed by atoms with Crippen LogP contribution >= 0.6 is 11.8 Å². The molecular formula is C28H30N4O2S. The summed E-state index contributed by atoms with van der Waals surface area (Å²) in [4.78, 5) is 12.7.